The first-order chi connectivity index (χ1) is 16.0. The number of nitrogens with zero attached hydrogens (tertiary/aromatic N) is 1. The van der Waals surface area contributed by atoms with Crippen LogP contribution in [0.3, 0.4) is 0 Å². The lowest BCUT2D eigenvalue weighted by Gasteiger charge is -2.23. The van der Waals surface area contributed by atoms with Gasteiger partial charge in [-0.3, -0.25) is 9.69 Å². The Hall–Kier alpha value is -3.63. The van der Waals surface area contributed by atoms with Gasteiger partial charge in [-0.25, -0.2) is 0 Å². The average Bonchev–Trinajstić information content (AvgIpc) is 3.42. The van der Waals surface area contributed by atoms with Gasteiger partial charge in [0.2, 0.25) is 0 Å². The molecule has 0 bridgehead atoms. The lowest BCUT2D eigenvalue weighted by atomic mass is 10.1. The van der Waals surface area contributed by atoms with E-state index in [0.29, 0.717) is 11.3 Å². The summed E-state index contributed by atoms with van der Waals surface area (Å²) >= 11 is 3.46. The molecule has 0 saturated heterocycles. The summed E-state index contributed by atoms with van der Waals surface area (Å²) in [6, 6.07) is 28.0. The molecule has 0 saturated carbocycles. The van der Waals surface area contributed by atoms with Gasteiger partial charge < -0.3 is 4.42 Å². The van der Waals surface area contributed by atoms with Gasteiger partial charge in [-0.05, 0) is 73.0 Å². The maximum absolute atomic E-state index is 13.6. The zero-order valence-electron chi connectivity index (χ0n) is 18.4. The number of amides is 1. The Bertz CT molecular complexity index is 1400. The molecule has 162 valence electrons. The number of carbonyl (C=O) groups excluding carboxylic acids is 1. The van der Waals surface area contributed by atoms with E-state index in [1.807, 2.05) is 97.6 Å². The number of furan rings is 1. The Morgan fingerprint density at radius 3 is 2.36 bits per heavy atom. The summed E-state index contributed by atoms with van der Waals surface area (Å²) < 4.78 is 7.07. The van der Waals surface area contributed by atoms with Crippen molar-refractivity contribution in [2.75, 3.05) is 4.90 Å². The van der Waals surface area contributed by atoms with Crippen LogP contribution < -0.4 is 4.90 Å². The number of aryl methyl sites for hydroxylation is 2. The van der Waals surface area contributed by atoms with Crippen LogP contribution in [0.4, 0.5) is 5.69 Å². The average molecular weight is 496 g/mol. The van der Waals surface area contributed by atoms with Gasteiger partial charge in [-0.1, -0.05) is 70.5 Å². The van der Waals surface area contributed by atoms with E-state index >= 15 is 0 Å². The number of carbonyl (C=O) groups is 1. The molecule has 1 amide bonds. The summed E-state index contributed by atoms with van der Waals surface area (Å²) in [4.78, 5) is 15.4. The molecule has 3 aromatic carbocycles. The van der Waals surface area contributed by atoms with Crippen LogP contribution in [0.1, 0.15) is 22.5 Å². The monoisotopic (exact) mass is 495 g/mol. The highest BCUT2D eigenvalue weighted by molar-refractivity contribution is 9.10. The van der Waals surface area contributed by atoms with Crippen molar-refractivity contribution >= 4 is 39.3 Å². The number of benzene rings is 3. The lowest BCUT2D eigenvalue weighted by molar-refractivity contribution is -0.113. The van der Waals surface area contributed by atoms with Crippen molar-refractivity contribution in [2.45, 2.75) is 13.8 Å². The minimum absolute atomic E-state index is 0.0656. The number of anilines is 1. The molecule has 1 aliphatic rings. The van der Waals surface area contributed by atoms with Crippen molar-refractivity contribution < 1.29 is 9.21 Å². The second kappa shape index (κ2) is 8.72. The van der Waals surface area contributed by atoms with Crippen molar-refractivity contribution in [3.63, 3.8) is 0 Å². The largest absolute Gasteiger partial charge is 0.457 e. The molecule has 0 aliphatic carbocycles. The fraction of sp³-hybridized carbons (Fsp3) is 0.0690. The van der Waals surface area contributed by atoms with E-state index < -0.39 is 0 Å². The third kappa shape index (κ3) is 4.22. The highest BCUT2D eigenvalue weighted by Gasteiger charge is 2.31. The minimum atomic E-state index is -0.0656. The molecule has 4 heteroatoms. The first kappa shape index (κ1) is 21.2. The van der Waals surface area contributed by atoms with Gasteiger partial charge in [0.25, 0.3) is 5.91 Å². The minimum Gasteiger partial charge on any atom is -0.457 e. The van der Waals surface area contributed by atoms with Gasteiger partial charge in [0, 0.05) is 15.6 Å². The number of halogens is 1. The van der Waals surface area contributed by atoms with Gasteiger partial charge in [-0.2, -0.15) is 0 Å². The van der Waals surface area contributed by atoms with E-state index in [-0.39, 0.29) is 5.91 Å². The van der Waals surface area contributed by atoms with Crippen LogP contribution in [0.15, 0.2) is 105 Å². The van der Waals surface area contributed by atoms with Gasteiger partial charge in [0.05, 0.1) is 11.4 Å². The fourth-order valence-electron chi connectivity index (χ4n) is 3.99. The summed E-state index contributed by atoms with van der Waals surface area (Å²) in [5.41, 5.74) is 6.48. The molecule has 1 aliphatic heterocycles. The highest BCUT2D eigenvalue weighted by Crippen LogP contribution is 2.37. The van der Waals surface area contributed by atoms with E-state index in [1.165, 1.54) is 0 Å². The summed E-state index contributed by atoms with van der Waals surface area (Å²) in [5.74, 6) is 1.34. The van der Waals surface area contributed by atoms with E-state index in [9.17, 15) is 4.79 Å². The molecule has 33 heavy (non-hydrogen) atoms. The lowest BCUT2D eigenvalue weighted by Crippen LogP contribution is -2.25. The third-order valence-electron chi connectivity index (χ3n) is 5.71. The predicted molar refractivity (Wildman–Crippen MR) is 138 cm³/mol. The smallest absolute Gasteiger partial charge is 0.263 e. The number of hydrogen-bond acceptors (Lipinski definition) is 2. The third-order valence-corrected chi connectivity index (χ3v) is 6.24. The zero-order chi connectivity index (χ0) is 22.9. The molecule has 2 heterocycles. The normalized spacial score (nSPS) is 14.8. The van der Waals surface area contributed by atoms with Crippen LogP contribution in [0.25, 0.3) is 23.1 Å². The molecule has 3 nitrogen and oxygen atoms in total. The van der Waals surface area contributed by atoms with E-state index in [0.717, 1.165) is 43.9 Å². The van der Waals surface area contributed by atoms with Gasteiger partial charge in [0.1, 0.15) is 11.5 Å². The molecule has 0 atom stereocenters. The molecule has 5 rings (SSSR count). The van der Waals surface area contributed by atoms with E-state index in [4.69, 9.17) is 4.42 Å². The SMILES string of the molecule is Cc1ccc(C)c(N2C(=O)/C(=C/c3ccc(-c4ccc(Br)cc4)o3)C=C2c2ccccc2)c1. The number of hydrogen-bond donors (Lipinski definition) is 0. The summed E-state index contributed by atoms with van der Waals surface area (Å²) in [6.07, 6.45) is 3.76. The van der Waals surface area contributed by atoms with Gasteiger partial charge in [0.15, 0.2) is 0 Å². The quantitative estimate of drug-likeness (QED) is 0.270. The first-order valence-electron chi connectivity index (χ1n) is 10.8. The molecule has 0 unspecified atom stereocenters. The molecule has 0 spiro atoms. The second-order valence-corrected chi connectivity index (χ2v) is 9.05. The first-order valence-corrected chi connectivity index (χ1v) is 11.6. The van der Waals surface area contributed by atoms with E-state index in [1.54, 1.807) is 0 Å². The fourth-order valence-corrected chi connectivity index (χ4v) is 4.25. The topological polar surface area (TPSA) is 33.5 Å². The van der Waals surface area contributed by atoms with Crippen LogP contribution in [0.5, 0.6) is 0 Å². The summed E-state index contributed by atoms with van der Waals surface area (Å²) in [5, 5.41) is 0. The Morgan fingerprint density at radius 2 is 1.61 bits per heavy atom. The van der Waals surface area contributed by atoms with E-state index in [2.05, 4.69) is 34.1 Å². The van der Waals surface area contributed by atoms with Crippen molar-refractivity contribution in [3.05, 3.63) is 124 Å². The Labute approximate surface area is 201 Å². The molecular formula is C29H22BrNO2. The highest BCUT2D eigenvalue weighted by atomic mass is 79.9. The van der Waals surface area contributed by atoms with Gasteiger partial charge >= 0.3 is 0 Å². The van der Waals surface area contributed by atoms with Crippen LogP contribution in [0, 0.1) is 13.8 Å². The molecule has 0 radical (unpaired) electrons. The van der Waals surface area contributed by atoms with Crippen molar-refractivity contribution in [1.82, 2.24) is 0 Å². The molecule has 4 aromatic rings. The van der Waals surface area contributed by atoms with Crippen LogP contribution in [0.2, 0.25) is 0 Å². The number of rotatable bonds is 4. The standard InChI is InChI=1S/C29H22BrNO2/c1-19-8-9-20(2)26(16-19)31-27(21-6-4-3-5-7-21)18-23(29(31)32)17-25-14-15-28(33-25)22-10-12-24(30)13-11-22/h3-18H,1-2H3/b23-17+. The van der Waals surface area contributed by atoms with Crippen LogP contribution >= 0.6 is 15.9 Å². The summed E-state index contributed by atoms with van der Waals surface area (Å²) in [7, 11) is 0. The Morgan fingerprint density at radius 1 is 0.848 bits per heavy atom. The molecular weight excluding hydrogens is 474 g/mol. The van der Waals surface area contributed by atoms with Crippen molar-refractivity contribution in [1.29, 1.82) is 0 Å². The van der Waals surface area contributed by atoms with Crippen LogP contribution in [-0.2, 0) is 4.79 Å². The Balaban J connectivity index is 1.56. The van der Waals surface area contributed by atoms with Crippen LogP contribution in [-0.4, -0.2) is 5.91 Å². The van der Waals surface area contributed by atoms with Gasteiger partial charge in [-0.15, -0.1) is 0 Å². The molecule has 0 N–H and O–H groups in total. The second-order valence-electron chi connectivity index (χ2n) is 8.13. The maximum atomic E-state index is 13.6. The Kier molecular flexibility index (Phi) is 5.61. The predicted octanol–water partition coefficient (Wildman–Crippen LogP) is 7.80. The van der Waals surface area contributed by atoms with Crippen molar-refractivity contribution in [2.24, 2.45) is 0 Å². The molecule has 1 aromatic heterocycles. The zero-order valence-corrected chi connectivity index (χ0v) is 20.0. The maximum Gasteiger partial charge on any atom is 0.263 e. The van der Waals surface area contributed by atoms with Crippen molar-refractivity contribution in [3.8, 4) is 11.3 Å². The molecule has 0 fully saturated rings. The summed E-state index contributed by atoms with van der Waals surface area (Å²) in [6.45, 7) is 4.07.